The number of hydrogen-bond donors (Lipinski definition) is 0. The molecule has 0 atom stereocenters. The maximum atomic E-state index is 12.0. The second-order valence-electron chi connectivity index (χ2n) is 3.48. The Morgan fingerprint density at radius 3 is 2.71 bits per heavy atom. The molecule has 5 heteroatoms. The standard InChI is InChI=1S/C9H12F2N2O/c1-6(2)5-13-4-3-7(12-13)8(14)9(10)11/h3-4,6,9H,5H2,1-2H3. The highest BCUT2D eigenvalue weighted by atomic mass is 19.3. The van der Waals surface area contributed by atoms with Gasteiger partial charge >= 0.3 is 6.43 Å². The summed E-state index contributed by atoms with van der Waals surface area (Å²) in [7, 11) is 0. The van der Waals surface area contributed by atoms with Gasteiger partial charge in [0.25, 0.3) is 0 Å². The van der Waals surface area contributed by atoms with Crippen molar-refractivity contribution in [3.63, 3.8) is 0 Å². The summed E-state index contributed by atoms with van der Waals surface area (Å²) in [6, 6.07) is 1.32. The molecule has 0 aromatic carbocycles. The first kappa shape index (κ1) is 10.8. The van der Waals surface area contributed by atoms with Crippen LogP contribution in [0.15, 0.2) is 12.3 Å². The van der Waals surface area contributed by atoms with Gasteiger partial charge < -0.3 is 0 Å². The molecule has 1 aromatic heterocycles. The van der Waals surface area contributed by atoms with Crippen LogP contribution in [0, 0.1) is 5.92 Å². The van der Waals surface area contributed by atoms with Crippen LogP contribution in [0.3, 0.4) is 0 Å². The van der Waals surface area contributed by atoms with E-state index in [1.807, 2.05) is 13.8 Å². The van der Waals surface area contributed by atoms with Gasteiger partial charge in [0.2, 0.25) is 5.78 Å². The van der Waals surface area contributed by atoms with Crippen molar-refractivity contribution in [2.75, 3.05) is 0 Å². The molecule has 1 aromatic rings. The number of Topliss-reactive ketones (excluding diaryl/α,β-unsaturated/α-hetero) is 1. The van der Waals surface area contributed by atoms with Crippen molar-refractivity contribution in [1.82, 2.24) is 9.78 Å². The monoisotopic (exact) mass is 202 g/mol. The number of nitrogens with zero attached hydrogens (tertiary/aromatic N) is 2. The number of aromatic nitrogens is 2. The number of ketones is 1. The van der Waals surface area contributed by atoms with Gasteiger partial charge in [-0.3, -0.25) is 9.48 Å². The van der Waals surface area contributed by atoms with Gasteiger partial charge in [0.1, 0.15) is 5.69 Å². The minimum Gasteiger partial charge on any atom is -0.286 e. The van der Waals surface area contributed by atoms with E-state index in [9.17, 15) is 13.6 Å². The van der Waals surface area contributed by atoms with Gasteiger partial charge in [-0.25, -0.2) is 8.78 Å². The van der Waals surface area contributed by atoms with Crippen LogP contribution in [0.2, 0.25) is 0 Å². The lowest BCUT2D eigenvalue weighted by atomic mass is 10.2. The first-order valence-corrected chi connectivity index (χ1v) is 4.36. The first-order valence-electron chi connectivity index (χ1n) is 4.36. The van der Waals surface area contributed by atoms with E-state index in [1.54, 1.807) is 0 Å². The normalized spacial score (nSPS) is 11.3. The van der Waals surface area contributed by atoms with Crippen LogP contribution in [0.5, 0.6) is 0 Å². The van der Waals surface area contributed by atoms with Gasteiger partial charge in [-0.2, -0.15) is 5.10 Å². The fourth-order valence-electron chi connectivity index (χ4n) is 1.08. The topological polar surface area (TPSA) is 34.9 Å². The Labute approximate surface area is 80.7 Å². The molecule has 1 heterocycles. The molecule has 0 aliphatic carbocycles. The molecule has 0 saturated carbocycles. The molecule has 0 fully saturated rings. The zero-order valence-corrected chi connectivity index (χ0v) is 8.08. The Hall–Kier alpha value is -1.26. The summed E-state index contributed by atoms with van der Waals surface area (Å²) in [5.74, 6) is -0.850. The van der Waals surface area contributed by atoms with E-state index < -0.39 is 12.2 Å². The Morgan fingerprint density at radius 2 is 2.21 bits per heavy atom. The average molecular weight is 202 g/mol. The molecule has 14 heavy (non-hydrogen) atoms. The second kappa shape index (κ2) is 4.30. The Morgan fingerprint density at radius 1 is 1.57 bits per heavy atom. The zero-order chi connectivity index (χ0) is 10.7. The molecule has 0 radical (unpaired) electrons. The molecular weight excluding hydrogens is 190 g/mol. The van der Waals surface area contributed by atoms with Crippen molar-refractivity contribution >= 4 is 5.78 Å². The molecule has 0 amide bonds. The highest BCUT2D eigenvalue weighted by molar-refractivity contribution is 5.96. The molecule has 0 N–H and O–H groups in total. The van der Waals surface area contributed by atoms with Gasteiger partial charge in [0.05, 0.1) is 0 Å². The molecule has 3 nitrogen and oxygen atoms in total. The van der Waals surface area contributed by atoms with E-state index >= 15 is 0 Å². The van der Waals surface area contributed by atoms with E-state index in [0.29, 0.717) is 12.5 Å². The zero-order valence-electron chi connectivity index (χ0n) is 8.08. The van der Waals surface area contributed by atoms with Crippen molar-refractivity contribution in [3.05, 3.63) is 18.0 Å². The summed E-state index contributed by atoms with van der Waals surface area (Å²) in [5.41, 5.74) is -0.166. The van der Waals surface area contributed by atoms with Crippen molar-refractivity contribution in [2.24, 2.45) is 5.92 Å². The van der Waals surface area contributed by atoms with Crippen molar-refractivity contribution in [1.29, 1.82) is 0 Å². The van der Waals surface area contributed by atoms with Crippen molar-refractivity contribution in [3.8, 4) is 0 Å². The molecule has 0 aliphatic rings. The fraction of sp³-hybridized carbons (Fsp3) is 0.556. The van der Waals surface area contributed by atoms with Gasteiger partial charge in [-0.15, -0.1) is 0 Å². The van der Waals surface area contributed by atoms with Crippen LogP contribution in [0.25, 0.3) is 0 Å². The maximum Gasteiger partial charge on any atom is 0.302 e. The van der Waals surface area contributed by atoms with Crippen LogP contribution in [0.4, 0.5) is 8.78 Å². The lowest BCUT2D eigenvalue weighted by Crippen LogP contribution is -2.12. The minimum atomic E-state index is -2.97. The lowest BCUT2D eigenvalue weighted by Gasteiger charge is -2.03. The number of carbonyl (C=O) groups excluding carboxylic acids is 1. The van der Waals surface area contributed by atoms with Crippen molar-refractivity contribution < 1.29 is 13.6 Å². The number of alkyl halides is 2. The van der Waals surface area contributed by atoms with E-state index in [0.717, 1.165) is 0 Å². The van der Waals surface area contributed by atoms with Gasteiger partial charge in [-0.1, -0.05) is 13.8 Å². The van der Waals surface area contributed by atoms with Gasteiger partial charge in [-0.05, 0) is 12.0 Å². The smallest absolute Gasteiger partial charge is 0.286 e. The third-order valence-corrected chi connectivity index (χ3v) is 1.64. The van der Waals surface area contributed by atoms with Crippen LogP contribution >= 0.6 is 0 Å². The molecule has 0 unspecified atom stereocenters. The van der Waals surface area contributed by atoms with Crippen LogP contribution in [-0.4, -0.2) is 22.0 Å². The third kappa shape index (κ3) is 2.61. The maximum absolute atomic E-state index is 12.0. The highest BCUT2D eigenvalue weighted by Gasteiger charge is 2.20. The molecule has 78 valence electrons. The summed E-state index contributed by atoms with van der Waals surface area (Å²) < 4.78 is 25.5. The van der Waals surface area contributed by atoms with Crippen LogP contribution in [0.1, 0.15) is 24.3 Å². The number of halogens is 2. The number of carbonyl (C=O) groups is 1. The van der Waals surface area contributed by atoms with Gasteiger partial charge in [0.15, 0.2) is 0 Å². The summed E-state index contributed by atoms with van der Waals surface area (Å²) in [6.45, 7) is 4.59. The lowest BCUT2D eigenvalue weighted by molar-refractivity contribution is 0.0672. The first-order chi connectivity index (χ1) is 6.50. The average Bonchev–Trinajstić information content (AvgIpc) is 2.50. The summed E-state index contributed by atoms with van der Waals surface area (Å²) in [5, 5.41) is 3.76. The molecule has 0 spiro atoms. The predicted octanol–water partition coefficient (Wildman–Crippen LogP) is 1.99. The highest BCUT2D eigenvalue weighted by Crippen LogP contribution is 2.06. The Kier molecular flexibility index (Phi) is 3.33. The van der Waals surface area contributed by atoms with Crippen LogP contribution in [-0.2, 0) is 6.54 Å². The SMILES string of the molecule is CC(C)Cn1ccc(C(=O)C(F)F)n1. The van der Waals surface area contributed by atoms with E-state index in [1.165, 1.54) is 16.9 Å². The second-order valence-corrected chi connectivity index (χ2v) is 3.48. The summed E-state index contributed by atoms with van der Waals surface area (Å²) in [6.07, 6.45) is -1.44. The quantitative estimate of drug-likeness (QED) is 0.700. The molecule has 0 saturated heterocycles. The van der Waals surface area contributed by atoms with E-state index in [2.05, 4.69) is 5.10 Å². The molecule has 1 rings (SSSR count). The number of hydrogen-bond acceptors (Lipinski definition) is 2. The fourth-order valence-corrected chi connectivity index (χ4v) is 1.08. The van der Waals surface area contributed by atoms with Crippen LogP contribution < -0.4 is 0 Å². The Bertz CT molecular complexity index is 320. The minimum absolute atomic E-state index is 0.166. The molecule has 0 bridgehead atoms. The Balaban J connectivity index is 2.73. The predicted molar refractivity (Wildman–Crippen MR) is 47.4 cm³/mol. The van der Waals surface area contributed by atoms with Crippen molar-refractivity contribution in [2.45, 2.75) is 26.8 Å². The summed E-state index contributed by atoms with van der Waals surface area (Å²) >= 11 is 0. The number of rotatable bonds is 4. The third-order valence-electron chi connectivity index (χ3n) is 1.64. The molecule has 0 aliphatic heterocycles. The van der Waals surface area contributed by atoms with E-state index in [-0.39, 0.29) is 5.69 Å². The summed E-state index contributed by atoms with van der Waals surface area (Å²) in [4.78, 5) is 10.8. The van der Waals surface area contributed by atoms with Gasteiger partial charge in [0, 0.05) is 12.7 Å². The molecular formula is C9H12F2N2O. The van der Waals surface area contributed by atoms with E-state index in [4.69, 9.17) is 0 Å². The largest absolute Gasteiger partial charge is 0.302 e.